The van der Waals surface area contributed by atoms with E-state index in [0.717, 1.165) is 7.11 Å². The van der Waals surface area contributed by atoms with Gasteiger partial charge in [0.15, 0.2) is 5.75 Å². The molecule has 0 saturated carbocycles. The molecule has 0 aliphatic rings. The average Bonchev–Trinajstić information content (AvgIpc) is 2.28. The number of alkyl halides is 6. The molecule has 0 amide bonds. The third-order valence-corrected chi connectivity index (χ3v) is 2.92. The molecule has 118 valence electrons. The Labute approximate surface area is 127 Å². The van der Waals surface area contributed by atoms with Crippen molar-refractivity contribution in [1.29, 1.82) is 0 Å². The first-order chi connectivity index (χ1) is 9.45. The minimum atomic E-state index is -5.36. The molecule has 0 N–H and O–H groups in total. The number of hydrogen-bond acceptors (Lipinski definition) is 4. The summed E-state index contributed by atoms with van der Waals surface area (Å²) < 4.78 is 82.6. The standard InChI is InChI=1S/C10H6F6INO3/c1-20-6(19)2-5-8(21-10(14,15)16)7(9(11,12)13)4(17)3-18-5/h3H,2H2,1H3. The van der Waals surface area contributed by atoms with Gasteiger partial charge in [-0.1, -0.05) is 0 Å². The molecule has 0 aromatic carbocycles. The number of hydrogen-bond donors (Lipinski definition) is 0. The monoisotopic (exact) mass is 429 g/mol. The summed E-state index contributed by atoms with van der Waals surface area (Å²) in [5, 5.41) is 0. The Bertz CT molecular complexity index is 543. The molecule has 0 aliphatic carbocycles. The van der Waals surface area contributed by atoms with Crippen LogP contribution in [0, 0.1) is 3.57 Å². The zero-order chi connectivity index (χ0) is 16.4. The smallest absolute Gasteiger partial charge is 0.469 e. The first-order valence-electron chi connectivity index (χ1n) is 5.03. The second-order valence-electron chi connectivity index (χ2n) is 3.56. The normalized spacial score (nSPS) is 12.2. The van der Waals surface area contributed by atoms with E-state index >= 15 is 0 Å². The maximum atomic E-state index is 12.9. The third-order valence-electron chi connectivity index (χ3n) is 2.10. The van der Waals surface area contributed by atoms with Crippen LogP contribution < -0.4 is 4.74 Å². The lowest BCUT2D eigenvalue weighted by Crippen LogP contribution is -2.23. The van der Waals surface area contributed by atoms with E-state index in [-0.39, 0.29) is 0 Å². The molecule has 1 rings (SSSR count). The zero-order valence-corrected chi connectivity index (χ0v) is 12.3. The quantitative estimate of drug-likeness (QED) is 0.421. The van der Waals surface area contributed by atoms with Gasteiger partial charge in [-0.25, -0.2) is 0 Å². The van der Waals surface area contributed by atoms with Crippen LogP contribution in [0.3, 0.4) is 0 Å². The van der Waals surface area contributed by atoms with Crippen molar-refractivity contribution in [1.82, 2.24) is 4.98 Å². The lowest BCUT2D eigenvalue weighted by Gasteiger charge is -2.18. The van der Waals surface area contributed by atoms with Crippen LogP contribution in [0.5, 0.6) is 5.75 Å². The van der Waals surface area contributed by atoms with E-state index in [1.165, 1.54) is 22.6 Å². The van der Waals surface area contributed by atoms with Crippen molar-refractivity contribution in [2.75, 3.05) is 7.11 Å². The minimum Gasteiger partial charge on any atom is -0.469 e. The fraction of sp³-hybridized carbons (Fsp3) is 0.400. The van der Waals surface area contributed by atoms with E-state index in [4.69, 9.17) is 0 Å². The Hall–Kier alpha value is -1.27. The molecule has 0 atom stereocenters. The van der Waals surface area contributed by atoms with E-state index in [1.54, 1.807) is 0 Å². The molecule has 0 saturated heterocycles. The third kappa shape index (κ3) is 4.89. The lowest BCUT2D eigenvalue weighted by molar-refractivity contribution is -0.276. The summed E-state index contributed by atoms with van der Waals surface area (Å²) >= 11 is 1.18. The van der Waals surface area contributed by atoms with Crippen molar-refractivity contribution in [2.24, 2.45) is 0 Å². The van der Waals surface area contributed by atoms with Gasteiger partial charge < -0.3 is 9.47 Å². The number of rotatable bonds is 3. The predicted octanol–water partition coefficient (Wildman–Crippen LogP) is 3.32. The van der Waals surface area contributed by atoms with E-state index in [9.17, 15) is 31.1 Å². The highest BCUT2D eigenvalue weighted by molar-refractivity contribution is 14.1. The van der Waals surface area contributed by atoms with Gasteiger partial charge in [-0.3, -0.25) is 9.78 Å². The van der Waals surface area contributed by atoms with Crippen molar-refractivity contribution >= 4 is 28.6 Å². The molecule has 0 unspecified atom stereocenters. The largest absolute Gasteiger partial charge is 0.573 e. The van der Waals surface area contributed by atoms with Crippen molar-refractivity contribution in [2.45, 2.75) is 19.0 Å². The first-order valence-corrected chi connectivity index (χ1v) is 6.10. The molecular weight excluding hydrogens is 423 g/mol. The second-order valence-corrected chi connectivity index (χ2v) is 4.72. The van der Waals surface area contributed by atoms with Crippen LogP contribution in [0.15, 0.2) is 6.20 Å². The molecule has 0 aliphatic heterocycles. The summed E-state index contributed by atoms with van der Waals surface area (Å²) in [6, 6.07) is 0. The van der Waals surface area contributed by atoms with Crippen molar-refractivity contribution in [3.8, 4) is 5.75 Å². The number of nitrogens with zero attached hydrogens (tertiary/aromatic N) is 1. The number of carbonyl (C=O) groups is 1. The van der Waals surface area contributed by atoms with E-state index in [2.05, 4.69) is 14.5 Å². The highest BCUT2D eigenvalue weighted by Gasteiger charge is 2.43. The lowest BCUT2D eigenvalue weighted by atomic mass is 10.1. The molecule has 0 spiro atoms. The number of ether oxygens (including phenoxy) is 2. The second kappa shape index (κ2) is 6.23. The minimum absolute atomic E-state index is 0.590. The first kappa shape index (κ1) is 17.8. The highest BCUT2D eigenvalue weighted by atomic mass is 127. The van der Waals surface area contributed by atoms with E-state index in [0.29, 0.717) is 6.20 Å². The summed E-state index contributed by atoms with van der Waals surface area (Å²) in [4.78, 5) is 14.5. The van der Waals surface area contributed by atoms with Gasteiger partial charge in [0, 0.05) is 9.77 Å². The van der Waals surface area contributed by atoms with Crippen molar-refractivity contribution < 1.29 is 40.6 Å². The maximum absolute atomic E-state index is 12.9. The predicted molar refractivity (Wildman–Crippen MR) is 64.4 cm³/mol. The van der Waals surface area contributed by atoms with Crippen LogP contribution in [0.1, 0.15) is 11.3 Å². The van der Waals surface area contributed by atoms with Crippen LogP contribution in [0.25, 0.3) is 0 Å². The van der Waals surface area contributed by atoms with Gasteiger partial charge in [-0.05, 0) is 22.6 Å². The Morgan fingerprint density at radius 3 is 2.29 bits per heavy atom. The Balaban J connectivity index is 3.47. The molecule has 0 radical (unpaired) electrons. The number of aromatic nitrogens is 1. The summed E-state index contributed by atoms with van der Waals surface area (Å²) in [5.41, 5.74) is -2.46. The number of halogens is 7. The van der Waals surface area contributed by atoms with Crippen molar-refractivity contribution in [3.63, 3.8) is 0 Å². The fourth-order valence-corrected chi connectivity index (χ4v) is 2.03. The highest BCUT2D eigenvalue weighted by Crippen LogP contribution is 2.42. The van der Waals surface area contributed by atoms with Gasteiger partial charge in [0.25, 0.3) is 0 Å². The van der Waals surface area contributed by atoms with Crippen LogP contribution in [0.4, 0.5) is 26.3 Å². The van der Waals surface area contributed by atoms with Crippen LogP contribution in [-0.4, -0.2) is 24.4 Å². The number of methoxy groups -OCH3 is 1. The zero-order valence-electron chi connectivity index (χ0n) is 10.1. The topological polar surface area (TPSA) is 48.4 Å². The summed E-state index contributed by atoms with van der Waals surface area (Å²) in [5.74, 6) is -2.60. The van der Waals surface area contributed by atoms with Gasteiger partial charge in [0.1, 0.15) is 5.56 Å². The average molecular weight is 429 g/mol. The van der Waals surface area contributed by atoms with Crippen LogP contribution >= 0.6 is 22.6 Å². The molecule has 0 fully saturated rings. The molecular formula is C10H6F6INO3. The van der Waals surface area contributed by atoms with Crippen LogP contribution in [0.2, 0.25) is 0 Å². The SMILES string of the molecule is COC(=O)Cc1ncc(I)c(C(F)(F)F)c1OC(F)(F)F. The Morgan fingerprint density at radius 1 is 1.29 bits per heavy atom. The number of esters is 1. The van der Waals surface area contributed by atoms with Gasteiger partial charge in [-0.2, -0.15) is 13.2 Å². The molecule has 21 heavy (non-hydrogen) atoms. The number of pyridine rings is 1. The summed E-state index contributed by atoms with van der Waals surface area (Å²) in [7, 11) is 0.935. The molecule has 4 nitrogen and oxygen atoms in total. The summed E-state index contributed by atoms with van der Waals surface area (Å²) in [6.07, 6.45) is -10.7. The Morgan fingerprint density at radius 2 is 1.86 bits per heavy atom. The van der Waals surface area contributed by atoms with E-state index < -0.39 is 45.5 Å². The fourth-order valence-electron chi connectivity index (χ4n) is 1.34. The van der Waals surface area contributed by atoms with Gasteiger partial charge in [0.2, 0.25) is 0 Å². The van der Waals surface area contributed by atoms with Crippen LogP contribution in [-0.2, 0) is 22.1 Å². The maximum Gasteiger partial charge on any atom is 0.573 e. The summed E-state index contributed by atoms with van der Waals surface area (Å²) in [6.45, 7) is 0. The van der Waals surface area contributed by atoms with Gasteiger partial charge in [0.05, 0.1) is 19.2 Å². The van der Waals surface area contributed by atoms with Crippen molar-refractivity contribution in [3.05, 3.63) is 21.0 Å². The molecule has 1 heterocycles. The van der Waals surface area contributed by atoms with Gasteiger partial charge >= 0.3 is 18.5 Å². The molecule has 11 heteroatoms. The Kier molecular flexibility index (Phi) is 5.28. The molecule has 1 aromatic heterocycles. The number of carbonyl (C=O) groups excluding carboxylic acids is 1. The van der Waals surface area contributed by atoms with Gasteiger partial charge in [-0.15, -0.1) is 13.2 Å². The van der Waals surface area contributed by atoms with E-state index in [1.807, 2.05) is 0 Å². The molecule has 1 aromatic rings. The molecule has 0 bridgehead atoms.